The van der Waals surface area contributed by atoms with Crippen LogP contribution in [0.1, 0.15) is 0 Å². The Bertz CT molecular complexity index is 676. The van der Waals surface area contributed by atoms with Crippen LogP contribution in [0.3, 0.4) is 0 Å². The number of ether oxygens (including phenoxy) is 2. The summed E-state index contributed by atoms with van der Waals surface area (Å²) in [7, 11) is 0. The Morgan fingerprint density at radius 1 is 0.667 bits per heavy atom. The van der Waals surface area contributed by atoms with Crippen molar-refractivity contribution in [3.05, 3.63) is 51.1 Å². The zero-order valence-electron chi connectivity index (χ0n) is 11.8. The van der Waals surface area contributed by atoms with Gasteiger partial charge in [-0.25, -0.2) is 0 Å². The second-order valence-corrected chi connectivity index (χ2v) is 9.50. The molecule has 0 unspecified atom stereocenters. The quantitative estimate of drug-likeness (QED) is 0.325. The van der Waals surface area contributed by atoms with Gasteiger partial charge in [0.1, 0.15) is 30.8 Å². The van der Waals surface area contributed by atoms with Crippen LogP contribution in [0.5, 0.6) is 11.5 Å². The summed E-state index contributed by atoms with van der Waals surface area (Å²) in [4.78, 5) is 0. The molecule has 3 nitrogen and oxygen atoms in total. The first-order valence-electron chi connectivity index (χ1n) is 6.52. The zero-order chi connectivity index (χ0) is 17.9. The molecule has 130 valence electrons. The Morgan fingerprint density at radius 3 is 1.42 bits per heavy atom. The highest BCUT2D eigenvalue weighted by molar-refractivity contribution is 9.15. The van der Waals surface area contributed by atoms with Crippen molar-refractivity contribution in [1.82, 2.24) is 0 Å². The molecule has 24 heavy (non-hydrogen) atoms. The maximum Gasteiger partial charge on any atom is 0.134 e. The van der Waals surface area contributed by atoms with E-state index in [1.54, 1.807) is 0 Å². The summed E-state index contributed by atoms with van der Waals surface area (Å²) in [6.45, 7) is 0.226. The van der Waals surface area contributed by atoms with Crippen molar-refractivity contribution in [3.63, 3.8) is 0 Å². The van der Waals surface area contributed by atoms with Gasteiger partial charge in [0.2, 0.25) is 0 Å². The van der Waals surface area contributed by atoms with Crippen LogP contribution in [-0.2, 0) is 0 Å². The fourth-order valence-electron chi connectivity index (χ4n) is 1.66. The van der Waals surface area contributed by atoms with E-state index in [0.717, 1.165) is 26.8 Å². The predicted octanol–water partition coefficient (Wildman–Crippen LogP) is 7.08. The van der Waals surface area contributed by atoms with Gasteiger partial charge in [0, 0.05) is 17.9 Å². The molecule has 2 rings (SSSR count). The molecule has 0 spiro atoms. The topological polar surface area (TPSA) is 38.7 Å². The van der Waals surface area contributed by atoms with Crippen LogP contribution in [0.15, 0.2) is 51.1 Å². The minimum absolute atomic E-state index is 0.113. The number of halogens is 6. The number of aliphatic hydroxyl groups is 1. The van der Waals surface area contributed by atoms with Crippen molar-refractivity contribution in [2.24, 2.45) is 0 Å². The van der Waals surface area contributed by atoms with E-state index in [2.05, 4.69) is 95.6 Å². The van der Waals surface area contributed by atoms with E-state index in [-0.39, 0.29) is 13.2 Å². The molecule has 0 fully saturated rings. The normalized spacial score (nSPS) is 11.0. The summed E-state index contributed by atoms with van der Waals surface area (Å²) in [6, 6.07) is 7.36. The molecule has 2 aromatic rings. The fraction of sp³-hybridized carbons (Fsp3) is 0.200. The Labute approximate surface area is 190 Å². The van der Waals surface area contributed by atoms with Crippen molar-refractivity contribution >= 4 is 95.6 Å². The molecule has 0 aliphatic heterocycles. The summed E-state index contributed by atoms with van der Waals surface area (Å²) in [6.07, 6.45) is -0.770. The first kappa shape index (κ1) is 21.2. The molecule has 0 aliphatic carbocycles. The smallest absolute Gasteiger partial charge is 0.134 e. The van der Waals surface area contributed by atoms with Crippen LogP contribution in [0, 0.1) is 0 Å². The molecule has 9 heteroatoms. The average Bonchev–Trinajstić information content (AvgIpc) is 2.56. The first-order chi connectivity index (χ1) is 11.3. The maximum absolute atomic E-state index is 10.1. The largest absolute Gasteiger partial charge is 0.490 e. The van der Waals surface area contributed by atoms with Gasteiger partial charge in [0.05, 0.1) is 8.95 Å². The second kappa shape index (κ2) is 9.71. The number of hydrogen-bond donors (Lipinski definition) is 1. The molecule has 1 N–H and O–H groups in total. The lowest BCUT2D eigenvalue weighted by Gasteiger charge is -2.16. The predicted molar refractivity (Wildman–Crippen MR) is 116 cm³/mol. The number of rotatable bonds is 6. The first-order valence-corrected chi connectivity index (χ1v) is 11.3. The Morgan fingerprint density at radius 2 is 1.04 bits per heavy atom. The van der Waals surface area contributed by atoms with Crippen LogP contribution < -0.4 is 9.47 Å². The fourth-order valence-corrected chi connectivity index (χ4v) is 4.43. The number of benzene rings is 2. The molecule has 2 aromatic carbocycles. The van der Waals surface area contributed by atoms with Crippen molar-refractivity contribution in [3.8, 4) is 11.5 Å². The van der Waals surface area contributed by atoms with Crippen LogP contribution in [-0.4, -0.2) is 24.4 Å². The standard InChI is InChI=1S/C15H10Br6O3/c16-8-1-3-10(14(20)12(8)18)23-5-7(22)6-24-11-4-2-9(17)13(19)15(11)21/h1-4,7,22H,5-6H2. The molecule has 0 amide bonds. The summed E-state index contributed by atoms with van der Waals surface area (Å²) in [5, 5.41) is 10.1. The van der Waals surface area contributed by atoms with Crippen LogP contribution in [0.4, 0.5) is 0 Å². The van der Waals surface area contributed by atoms with Crippen molar-refractivity contribution in [1.29, 1.82) is 0 Å². The SMILES string of the molecule is OC(COc1ccc(Br)c(Br)c1Br)COc1ccc(Br)c(Br)c1Br. The summed E-state index contributed by atoms with van der Waals surface area (Å²) >= 11 is 20.6. The lowest BCUT2D eigenvalue weighted by molar-refractivity contribution is 0.0620. The molecular weight excluding hydrogens is 708 g/mol. The zero-order valence-corrected chi connectivity index (χ0v) is 21.3. The van der Waals surface area contributed by atoms with Crippen LogP contribution >= 0.6 is 95.6 Å². The number of hydrogen-bond acceptors (Lipinski definition) is 3. The van der Waals surface area contributed by atoms with Gasteiger partial charge >= 0.3 is 0 Å². The molecule has 0 aromatic heterocycles. The van der Waals surface area contributed by atoms with Crippen molar-refractivity contribution in [2.75, 3.05) is 13.2 Å². The Balaban J connectivity index is 1.92. The third-order valence-corrected chi connectivity index (χ3v) is 9.53. The van der Waals surface area contributed by atoms with Crippen LogP contribution in [0.2, 0.25) is 0 Å². The maximum atomic E-state index is 10.1. The van der Waals surface area contributed by atoms with Gasteiger partial charge in [-0.2, -0.15) is 0 Å². The van der Waals surface area contributed by atoms with Crippen molar-refractivity contribution in [2.45, 2.75) is 6.10 Å². The molecule has 0 atom stereocenters. The molecule has 0 bridgehead atoms. The monoisotopic (exact) mass is 712 g/mol. The molecule has 0 radical (unpaired) electrons. The minimum Gasteiger partial charge on any atom is -0.490 e. The average molecular weight is 718 g/mol. The molecule has 0 heterocycles. The van der Waals surface area contributed by atoms with E-state index in [1.165, 1.54) is 0 Å². The summed E-state index contributed by atoms with van der Waals surface area (Å²) in [5.74, 6) is 1.27. The molecule has 0 saturated heterocycles. The van der Waals surface area contributed by atoms with E-state index in [1.807, 2.05) is 24.3 Å². The summed E-state index contributed by atoms with van der Waals surface area (Å²) in [5.41, 5.74) is 0. The van der Waals surface area contributed by atoms with Crippen molar-refractivity contribution < 1.29 is 14.6 Å². The number of aliphatic hydroxyl groups excluding tert-OH is 1. The Hall–Kier alpha value is 0.880. The van der Waals surface area contributed by atoms with E-state index in [0.29, 0.717) is 11.5 Å². The molecule has 0 aliphatic rings. The van der Waals surface area contributed by atoms with Gasteiger partial charge in [-0.1, -0.05) is 0 Å². The highest BCUT2D eigenvalue weighted by atomic mass is 79.9. The van der Waals surface area contributed by atoms with Gasteiger partial charge in [-0.05, 0) is 120 Å². The lowest BCUT2D eigenvalue weighted by Crippen LogP contribution is -2.25. The van der Waals surface area contributed by atoms with E-state index >= 15 is 0 Å². The molecular formula is C15H10Br6O3. The lowest BCUT2D eigenvalue weighted by atomic mass is 10.3. The van der Waals surface area contributed by atoms with Crippen LogP contribution in [0.25, 0.3) is 0 Å². The second-order valence-electron chi connectivity index (χ2n) is 4.62. The highest BCUT2D eigenvalue weighted by Gasteiger charge is 2.14. The van der Waals surface area contributed by atoms with Gasteiger partial charge < -0.3 is 14.6 Å². The summed E-state index contributed by atoms with van der Waals surface area (Å²) < 4.78 is 16.4. The van der Waals surface area contributed by atoms with Gasteiger partial charge in [0.15, 0.2) is 0 Å². The van der Waals surface area contributed by atoms with Gasteiger partial charge in [-0.3, -0.25) is 0 Å². The highest BCUT2D eigenvalue weighted by Crippen LogP contribution is 2.39. The van der Waals surface area contributed by atoms with E-state index < -0.39 is 6.10 Å². The van der Waals surface area contributed by atoms with E-state index in [4.69, 9.17) is 9.47 Å². The minimum atomic E-state index is -0.770. The third kappa shape index (κ3) is 5.44. The third-order valence-electron chi connectivity index (χ3n) is 2.86. The van der Waals surface area contributed by atoms with Gasteiger partial charge in [-0.15, -0.1) is 0 Å². The van der Waals surface area contributed by atoms with E-state index in [9.17, 15) is 5.11 Å². The Kier molecular flexibility index (Phi) is 8.57. The van der Waals surface area contributed by atoms with Gasteiger partial charge in [0.25, 0.3) is 0 Å². The molecule has 0 saturated carbocycles.